The Kier molecular flexibility index (Phi) is 11.7. The van der Waals surface area contributed by atoms with E-state index in [0.29, 0.717) is 24.9 Å². The number of nitrogens with zero attached hydrogens (tertiary/aromatic N) is 1. The first kappa shape index (κ1) is 31.3. The van der Waals surface area contributed by atoms with Crippen molar-refractivity contribution >= 4 is 23.8 Å². The molecule has 0 N–H and O–H groups in total. The van der Waals surface area contributed by atoms with E-state index in [1.165, 1.54) is 5.56 Å². The summed E-state index contributed by atoms with van der Waals surface area (Å²) < 4.78 is 16.8. The van der Waals surface area contributed by atoms with Crippen molar-refractivity contribution in [1.29, 1.82) is 0 Å². The minimum atomic E-state index is -0.529. The van der Waals surface area contributed by atoms with Gasteiger partial charge in [0.15, 0.2) is 0 Å². The predicted octanol–water partition coefficient (Wildman–Crippen LogP) is 7.34. The molecule has 1 aliphatic heterocycles. The monoisotopic (exact) mass is 535 g/mol. The van der Waals surface area contributed by atoms with Gasteiger partial charge >= 0.3 is 12.1 Å². The molecule has 7 heteroatoms. The van der Waals surface area contributed by atoms with E-state index in [9.17, 15) is 9.59 Å². The zero-order chi connectivity index (χ0) is 27.8. The number of methoxy groups -OCH3 is 1. The Morgan fingerprint density at radius 1 is 0.973 bits per heavy atom. The lowest BCUT2D eigenvalue weighted by molar-refractivity contribution is -0.161. The maximum atomic E-state index is 13.5. The van der Waals surface area contributed by atoms with Gasteiger partial charge in [-0.2, -0.15) is 11.8 Å². The molecule has 0 aliphatic carbocycles. The fourth-order valence-electron chi connectivity index (χ4n) is 4.55. The van der Waals surface area contributed by atoms with Crippen LogP contribution in [0.5, 0.6) is 5.75 Å². The van der Waals surface area contributed by atoms with Gasteiger partial charge in [-0.3, -0.25) is 4.79 Å². The van der Waals surface area contributed by atoms with Gasteiger partial charge < -0.3 is 19.1 Å². The van der Waals surface area contributed by atoms with Crippen molar-refractivity contribution in [3.05, 3.63) is 29.8 Å². The summed E-state index contributed by atoms with van der Waals surface area (Å²) in [6, 6.07) is 8.15. The lowest BCUT2D eigenvalue weighted by atomic mass is 9.83. The van der Waals surface area contributed by atoms with Crippen LogP contribution in [0.1, 0.15) is 86.6 Å². The summed E-state index contributed by atoms with van der Waals surface area (Å²) in [5.74, 6) is 2.21. The molecule has 1 heterocycles. The largest absolute Gasteiger partial charge is 0.497 e. The molecule has 210 valence electrons. The molecular formula is C30H49NO5S. The highest BCUT2D eigenvalue weighted by Crippen LogP contribution is 2.37. The number of piperidine rings is 1. The molecule has 2 atom stereocenters. The second-order valence-corrected chi connectivity index (χ2v) is 13.8. The van der Waals surface area contributed by atoms with Gasteiger partial charge in [-0.15, -0.1) is 0 Å². The van der Waals surface area contributed by atoms with Gasteiger partial charge in [0.05, 0.1) is 13.0 Å². The van der Waals surface area contributed by atoms with E-state index >= 15 is 0 Å². The molecule has 6 nitrogen and oxygen atoms in total. The van der Waals surface area contributed by atoms with Gasteiger partial charge in [-0.1, -0.05) is 26.0 Å². The minimum absolute atomic E-state index is 0.102. The third-order valence-electron chi connectivity index (χ3n) is 6.34. The van der Waals surface area contributed by atoms with Crippen LogP contribution in [0.3, 0.4) is 0 Å². The molecule has 0 radical (unpaired) electrons. The Balaban J connectivity index is 2.13. The Labute approximate surface area is 229 Å². The van der Waals surface area contributed by atoms with E-state index in [-0.39, 0.29) is 23.2 Å². The summed E-state index contributed by atoms with van der Waals surface area (Å²) in [6.07, 6.45) is 3.22. The summed E-state index contributed by atoms with van der Waals surface area (Å²) in [6.45, 7) is 17.2. The van der Waals surface area contributed by atoms with Crippen LogP contribution in [-0.4, -0.2) is 53.6 Å². The molecule has 1 fully saturated rings. The highest BCUT2D eigenvalue weighted by Gasteiger charge is 2.36. The van der Waals surface area contributed by atoms with E-state index in [1.807, 2.05) is 65.4 Å². The summed E-state index contributed by atoms with van der Waals surface area (Å²) in [7, 11) is 1.67. The average molecular weight is 536 g/mol. The second kappa shape index (κ2) is 13.8. The molecule has 1 aromatic rings. The molecule has 0 aromatic heterocycles. The highest BCUT2D eigenvalue weighted by molar-refractivity contribution is 7.99. The molecule has 0 bridgehead atoms. The van der Waals surface area contributed by atoms with Gasteiger partial charge in [0.25, 0.3) is 0 Å². The molecule has 2 rings (SSSR count). The van der Waals surface area contributed by atoms with E-state index in [1.54, 1.807) is 12.0 Å². The molecule has 1 saturated heterocycles. The number of benzene rings is 1. The lowest BCUT2D eigenvalue weighted by Gasteiger charge is -2.36. The summed E-state index contributed by atoms with van der Waals surface area (Å²) in [5.41, 5.74) is 0.187. The van der Waals surface area contributed by atoms with Crippen molar-refractivity contribution in [1.82, 2.24) is 4.90 Å². The van der Waals surface area contributed by atoms with Crippen LogP contribution in [0, 0.1) is 17.8 Å². The topological polar surface area (TPSA) is 65.1 Å². The first-order valence-electron chi connectivity index (χ1n) is 13.6. The van der Waals surface area contributed by atoms with Crippen LogP contribution in [-0.2, 0) is 20.0 Å². The van der Waals surface area contributed by atoms with Crippen molar-refractivity contribution in [2.45, 2.75) is 103 Å². The Morgan fingerprint density at radius 3 is 2.03 bits per heavy atom. The minimum Gasteiger partial charge on any atom is -0.497 e. The predicted molar refractivity (Wildman–Crippen MR) is 152 cm³/mol. The highest BCUT2D eigenvalue weighted by atomic mass is 32.2. The van der Waals surface area contributed by atoms with Crippen LogP contribution >= 0.6 is 11.8 Å². The molecule has 1 aromatic carbocycles. The zero-order valence-electron chi connectivity index (χ0n) is 24.5. The summed E-state index contributed by atoms with van der Waals surface area (Å²) >= 11 is 1.85. The lowest BCUT2D eigenvalue weighted by Crippen LogP contribution is -2.43. The quantitative estimate of drug-likeness (QED) is 0.292. The molecule has 1 amide bonds. The van der Waals surface area contributed by atoms with Crippen molar-refractivity contribution in [2.75, 3.05) is 20.2 Å². The maximum Gasteiger partial charge on any atom is 0.410 e. The second-order valence-electron chi connectivity index (χ2n) is 12.6. The average Bonchev–Trinajstić information content (AvgIpc) is 2.78. The number of likely N-dealkylation sites (tertiary alicyclic amines) is 1. The Bertz CT molecular complexity index is 848. The molecular weight excluding hydrogens is 486 g/mol. The van der Waals surface area contributed by atoms with Crippen molar-refractivity contribution in [3.8, 4) is 5.75 Å². The molecule has 2 unspecified atom stereocenters. The fraction of sp³-hybridized carbons (Fsp3) is 0.733. The number of rotatable bonds is 10. The van der Waals surface area contributed by atoms with Gasteiger partial charge in [-0.25, -0.2) is 4.79 Å². The van der Waals surface area contributed by atoms with Crippen molar-refractivity contribution in [2.24, 2.45) is 17.8 Å². The van der Waals surface area contributed by atoms with Crippen LogP contribution in [0.4, 0.5) is 4.79 Å². The molecule has 0 saturated carbocycles. The fourth-order valence-corrected chi connectivity index (χ4v) is 6.13. The summed E-state index contributed by atoms with van der Waals surface area (Å²) in [4.78, 5) is 27.9. The van der Waals surface area contributed by atoms with E-state index in [2.05, 4.69) is 26.0 Å². The molecule has 37 heavy (non-hydrogen) atoms. The number of carbonyl (C=O) groups excluding carboxylic acids is 2. The SMILES string of the molecule is COc1ccc(CSC(CC(C)C)C(CC2CCN(C(=O)OC(C)(C)C)CC2)C(=O)OC(C)(C)C)cc1. The van der Waals surface area contributed by atoms with Gasteiger partial charge in [0.2, 0.25) is 0 Å². The van der Waals surface area contributed by atoms with Crippen LogP contribution in [0.2, 0.25) is 0 Å². The van der Waals surface area contributed by atoms with E-state index < -0.39 is 11.2 Å². The van der Waals surface area contributed by atoms with Gasteiger partial charge in [0, 0.05) is 24.1 Å². The number of amides is 1. The van der Waals surface area contributed by atoms with Gasteiger partial charge in [0.1, 0.15) is 17.0 Å². The standard InChI is InChI=1S/C30H49NO5S/c1-21(2)18-26(37-20-23-10-12-24(34-9)13-11-23)25(27(32)35-29(3,4)5)19-22-14-16-31(17-15-22)28(33)36-30(6,7)8/h10-13,21-22,25-26H,14-20H2,1-9H3. The normalized spacial score (nSPS) is 16.9. The molecule has 0 spiro atoms. The zero-order valence-corrected chi connectivity index (χ0v) is 25.3. The van der Waals surface area contributed by atoms with Crippen LogP contribution < -0.4 is 4.74 Å². The molecule has 1 aliphatic rings. The van der Waals surface area contributed by atoms with Crippen molar-refractivity contribution < 1.29 is 23.8 Å². The third-order valence-corrected chi connectivity index (χ3v) is 7.79. The number of hydrogen-bond donors (Lipinski definition) is 0. The number of carbonyl (C=O) groups is 2. The smallest absolute Gasteiger partial charge is 0.410 e. The van der Waals surface area contributed by atoms with Gasteiger partial charge in [-0.05, 0) is 96.8 Å². The first-order chi connectivity index (χ1) is 17.2. The number of thioether (sulfide) groups is 1. The van der Waals surface area contributed by atoms with Crippen molar-refractivity contribution in [3.63, 3.8) is 0 Å². The maximum absolute atomic E-state index is 13.5. The van der Waals surface area contributed by atoms with Crippen LogP contribution in [0.25, 0.3) is 0 Å². The Hall–Kier alpha value is -1.89. The van der Waals surface area contributed by atoms with E-state index in [4.69, 9.17) is 14.2 Å². The Morgan fingerprint density at radius 2 is 1.54 bits per heavy atom. The number of ether oxygens (including phenoxy) is 3. The first-order valence-corrected chi connectivity index (χ1v) is 14.7. The van der Waals surface area contributed by atoms with Crippen LogP contribution in [0.15, 0.2) is 24.3 Å². The van der Waals surface area contributed by atoms with E-state index in [0.717, 1.165) is 37.2 Å². The number of hydrogen-bond acceptors (Lipinski definition) is 6. The third kappa shape index (κ3) is 11.6. The summed E-state index contributed by atoms with van der Waals surface area (Å²) in [5, 5.41) is 0.154. The number of esters is 1.